The van der Waals surface area contributed by atoms with Crippen molar-refractivity contribution in [3.8, 4) is 0 Å². The first kappa shape index (κ1) is 16.9. The molecule has 2 heterocycles. The van der Waals surface area contributed by atoms with E-state index in [4.69, 9.17) is 12.2 Å². The third-order valence-corrected chi connectivity index (χ3v) is 4.82. The molecule has 1 aromatic carbocycles. The molecule has 0 bridgehead atoms. The van der Waals surface area contributed by atoms with Crippen LogP contribution in [0.25, 0.3) is 0 Å². The van der Waals surface area contributed by atoms with Crippen molar-refractivity contribution in [3.63, 3.8) is 0 Å². The zero-order chi connectivity index (χ0) is 16.8. The van der Waals surface area contributed by atoms with Gasteiger partial charge < -0.3 is 10.2 Å². The first-order chi connectivity index (χ1) is 11.8. The quantitative estimate of drug-likeness (QED) is 0.864. The Morgan fingerprint density at radius 1 is 1.08 bits per heavy atom. The number of para-hydroxylation sites is 1. The maximum absolute atomic E-state index is 5.62. The van der Waals surface area contributed by atoms with Crippen molar-refractivity contribution in [2.75, 3.05) is 31.5 Å². The molecule has 1 saturated heterocycles. The van der Waals surface area contributed by atoms with Gasteiger partial charge in [0.05, 0.1) is 0 Å². The van der Waals surface area contributed by atoms with Gasteiger partial charge in [-0.2, -0.15) is 0 Å². The van der Waals surface area contributed by atoms with Crippen LogP contribution in [0.15, 0.2) is 48.8 Å². The summed E-state index contributed by atoms with van der Waals surface area (Å²) < 4.78 is 0. The standard InChI is InChI=1S/C19H24N4S/c1-2-17-5-3-4-6-18(17)21-19(24)23-13-11-22(12-14-23)15-16-7-9-20-10-8-16/h3-10H,2,11-15H2,1H3,(H,21,24). The molecule has 5 heteroatoms. The van der Waals surface area contributed by atoms with E-state index in [1.54, 1.807) is 0 Å². The van der Waals surface area contributed by atoms with Gasteiger partial charge in [0.2, 0.25) is 0 Å². The number of rotatable bonds is 4. The van der Waals surface area contributed by atoms with Crippen LogP contribution < -0.4 is 5.32 Å². The zero-order valence-corrected chi connectivity index (χ0v) is 14.9. The van der Waals surface area contributed by atoms with Crippen LogP contribution in [-0.4, -0.2) is 46.1 Å². The van der Waals surface area contributed by atoms with Crippen LogP contribution in [0.4, 0.5) is 5.69 Å². The van der Waals surface area contributed by atoms with Crippen LogP contribution in [0, 0.1) is 0 Å². The minimum atomic E-state index is 0.833. The summed E-state index contributed by atoms with van der Waals surface area (Å²) in [6.45, 7) is 7.13. The molecule has 0 spiro atoms. The molecular formula is C19H24N4S. The van der Waals surface area contributed by atoms with E-state index in [1.165, 1.54) is 11.1 Å². The van der Waals surface area contributed by atoms with Gasteiger partial charge in [0.15, 0.2) is 5.11 Å². The monoisotopic (exact) mass is 340 g/mol. The topological polar surface area (TPSA) is 31.4 Å². The number of hydrogen-bond acceptors (Lipinski definition) is 3. The van der Waals surface area contributed by atoms with Crippen molar-refractivity contribution >= 4 is 23.0 Å². The molecule has 1 aliphatic rings. The normalized spacial score (nSPS) is 15.3. The van der Waals surface area contributed by atoms with Gasteiger partial charge in [-0.15, -0.1) is 0 Å². The molecule has 1 aliphatic heterocycles. The molecule has 0 unspecified atom stereocenters. The lowest BCUT2D eigenvalue weighted by Crippen LogP contribution is -2.49. The third kappa shape index (κ3) is 4.30. The van der Waals surface area contributed by atoms with Crippen LogP contribution in [0.5, 0.6) is 0 Å². The fourth-order valence-electron chi connectivity index (χ4n) is 3.00. The molecule has 3 rings (SSSR count). The zero-order valence-electron chi connectivity index (χ0n) is 14.1. The van der Waals surface area contributed by atoms with Crippen molar-refractivity contribution in [3.05, 3.63) is 59.9 Å². The summed E-state index contributed by atoms with van der Waals surface area (Å²) in [5, 5.41) is 4.26. The lowest BCUT2D eigenvalue weighted by molar-refractivity contribution is 0.177. The molecule has 1 N–H and O–H groups in total. The van der Waals surface area contributed by atoms with Gasteiger partial charge >= 0.3 is 0 Å². The van der Waals surface area contributed by atoms with Gasteiger partial charge in [0.25, 0.3) is 0 Å². The highest BCUT2D eigenvalue weighted by molar-refractivity contribution is 7.80. The summed E-state index contributed by atoms with van der Waals surface area (Å²) in [5.74, 6) is 0. The van der Waals surface area contributed by atoms with Gasteiger partial charge in [-0.3, -0.25) is 9.88 Å². The summed E-state index contributed by atoms with van der Waals surface area (Å²) in [5.41, 5.74) is 3.75. The summed E-state index contributed by atoms with van der Waals surface area (Å²) in [6, 6.07) is 12.5. The van der Waals surface area contributed by atoms with Crippen LogP contribution in [0.3, 0.4) is 0 Å². The highest BCUT2D eigenvalue weighted by atomic mass is 32.1. The number of nitrogens with zero attached hydrogens (tertiary/aromatic N) is 3. The summed E-state index contributed by atoms with van der Waals surface area (Å²) in [4.78, 5) is 8.81. The SMILES string of the molecule is CCc1ccccc1NC(=S)N1CCN(Cc2ccncc2)CC1. The summed E-state index contributed by atoms with van der Waals surface area (Å²) in [6.07, 6.45) is 4.72. The molecular weight excluding hydrogens is 316 g/mol. The number of piperazine rings is 1. The molecule has 0 atom stereocenters. The van der Waals surface area contributed by atoms with Crippen LogP contribution in [0.2, 0.25) is 0 Å². The molecule has 0 amide bonds. The van der Waals surface area contributed by atoms with E-state index in [9.17, 15) is 0 Å². The molecule has 126 valence electrons. The Balaban J connectivity index is 1.52. The number of thiocarbonyl (C=S) groups is 1. The van der Waals surface area contributed by atoms with Gasteiger partial charge in [0, 0.05) is 50.8 Å². The number of benzene rings is 1. The second kappa shape index (κ2) is 8.22. The predicted octanol–water partition coefficient (Wildman–Crippen LogP) is 3.16. The lowest BCUT2D eigenvalue weighted by Gasteiger charge is -2.36. The van der Waals surface area contributed by atoms with Crippen LogP contribution >= 0.6 is 12.2 Å². The first-order valence-corrected chi connectivity index (χ1v) is 8.92. The van der Waals surface area contributed by atoms with E-state index in [0.717, 1.165) is 49.9 Å². The lowest BCUT2D eigenvalue weighted by atomic mass is 10.1. The molecule has 0 aliphatic carbocycles. The molecule has 0 radical (unpaired) electrons. The maximum atomic E-state index is 5.62. The van der Waals surface area contributed by atoms with Crippen molar-refractivity contribution in [2.45, 2.75) is 19.9 Å². The molecule has 1 fully saturated rings. The Morgan fingerprint density at radius 2 is 1.79 bits per heavy atom. The second-order valence-corrected chi connectivity index (χ2v) is 6.45. The molecule has 1 aromatic heterocycles. The fourth-order valence-corrected chi connectivity index (χ4v) is 3.29. The molecule has 4 nitrogen and oxygen atoms in total. The largest absolute Gasteiger partial charge is 0.346 e. The number of aryl methyl sites for hydroxylation is 1. The van der Waals surface area contributed by atoms with E-state index < -0.39 is 0 Å². The van der Waals surface area contributed by atoms with Crippen LogP contribution in [-0.2, 0) is 13.0 Å². The van der Waals surface area contributed by atoms with Gasteiger partial charge in [0.1, 0.15) is 0 Å². The van der Waals surface area contributed by atoms with E-state index in [2.05, 4.69) is 63.4 Å². The molecule has 2 aromatic rings. The van der Waals surface area contributed by atoms with Crippen molar-refractivity contribution in [1.82, 2.24) is 14.8 Å². The molecule has 24 heavy (non-hydrogen) atoms. The average Bonchev–Trinajstić information content (AvgIpc) is 2.63. The minimum absolute atomic E-state index is 0.833. The van der Waals surface area contributed by atoms with Gasteiger partial charge in [-0.25, -0.2) is 0 Å². The Labute approximate surface area is 149 Å². The Bertz CT molecular complexity index is 666. The first-order valence-electron chi connectivity index (χ1n) is 8.51. The highest BCUT2D eigenvalue weighted by Crippen LogP contribution is 2.17. The third-order valence-electron chi connectivity index (χ3n) is 4.45. The number of anilines is 1. The summed E-state index contributed by atoms with van der Waals surface area (Å²) >= 11 is 5.62. The van der Waals surface area contributed by atoms with Crippen molar-refractivity contribution in [2.24, 2.45) is 0 Å². The smallest absolute Gasteiger partial charge is 0.173 e. The van der Waals surface area contributed by atoms with Crippen molar-refractivity contribution < 1.29 is 0 Å². The Kier molecular flexibility index (Phi) is 5.77. The molecule has 0 saturated carbocycles. The van der Waals surface area contributed by atoms with E-state index in [1.807, 2.05) is 12.4 Å². The van der Waals surface area contributed by atoms with Gasteiger partial charge in [-0.05, 0) is 48.0 Å². The van der Waals surface area contributed by atoms with E-state index >= 15 is 0 Å². The Hall–Kier alpha value is -1.98. The Morgan fingerprint density at radius 3 is 2.50 bits per heavy atom. The van der Waals surface area contributed by atoms with E-state index in [-0.39, 0.29) is 0 Å². The number of pyridine rings is 1. The fraction of sp³-hybridized carbons (Fsp3) is 0.368. The predicted molar refractivity (Wildman–Crippen MR) is 103 cm³/mol. The maximum Gasteiger partial charge on any atom is 0.173 e. The average molecular weight is 340 g/mol. The number of hydrogen-bond donors (Lipinski definition) is 1. The van der Waals surface area contributed by atoms with E-state index in [0.29, 0.717) is 0 Å². The number of aromatic nitrogens is 1. The van der Waals surface area contributed by atoms with Crippen LogP contribution in [0.1, 0.15) is 18.1 Å². The van der Waals surface area contributed by atoms with Gasteiger partial charge in [-0.1, -0.05) is 25.1 Å². The van der Waals surface area contributed by atoms with Crippen molar-refractivity contribution in [1.29, 1.82) is 0 Å². The second-order valence-electron chi connectivity index (χ2n) is 6.06. The summed E-state index contributed by atoms with van der Waals surface area (Å²) in [7, 11) is 0. The number of nitrogens with one attached hydrogen (secondary N) is 1. The highest BCUT2D eigenvalue weighted by Gasteiger charge is 2.19. The minimum Gasteiger partial charge on any atom is -0.346 e.